The van der Waals surface area contributed by atoms with Gasteiger partial charge in [0.1, 0.15) is 34.1 Å². The first-order valence-corrected chi connectivity index (χ1v) is 19.4. The molecule has 0 unspecified atom stereocenters. The summed E-state index contributed by atoms with van der Waals surface area (Å²) in [6.45, 7) is 4.58. The van der Waals surface area contributed by atoms with Crippen molar-refractivity contribution in [1.29, 1.82) is 0 Å². The monoisotopic (exact) mass is 874 g/mol. The summed E-state index contributed by atoms with van der Waals surface area (Å²) in [5, 5.41) is 20.9. The van der Waals surface area contributed by atoms with Gasteiger partial charge in [0.2, 0.25) is 10.0 Å². The maximum absolute atomic E-state index is 13.4. The van der Waals surface area contributed by atoms with E-state index >= 15 is 0 Å². The molecule has 0 saturated carbocycles. The lowest BCUT2D eigenvalue weighted by Gasteiger charge is -2.15. The number of nitrogens with two attached hydrogens (primary N) is 1. The molecule has 0 aliphatic heterocycles. The number of amides is 2. The van der Waals surface area contributed by atoms with Crippen molar-refractivity contribution in [3.63, 3.8) is 0 Å². The second-order valence-electron chi connectivity index (χ2n) is 12.1. The number of rotatable bonds is 11. The molecular weight excluding hydrogens is 841 g/mol. The summed E-state index contributed by atoms with van der Waals surface area (Å²) < 4.78 is 65.7. The first kappa shape index (κ1) is 43.5. The lowest BCUT2D eigenvalue weighted by Crippen LogP contribution is -2.19. The summed E-state index contributed by atoms with van der Waals surface area (Å²) in [7, 11) is -0.298. The first-order valence-electron chi connectivity index (χ1n) is 17.0. The fraction of sp³-hybridized carbons (Fsp3) is 0.235. The molecule has 2 amide bonds. The smallest absolute Gasteiger partial charge is 0.413 e. The zero-order valence-electron chi connectivity index (χ0n) is 31.6. The van der Waals surface area contributed by atoms with E-state index in [0.717, 1.165) is 24.5 Å². The Kier molecular flexibility index (Phi) is 13.9. The predicted molar refractivity (Wildman–Crippen MR) is 211 cm³/mol. The molecule has 59 heavy (non-hydrogen) atoms. The van der Waals surface area contributed by atoms with Crippen molar-refractivity contribution in [2.24, 2.45) is 14.1 Å². The van der Waals surface area contributed by atoms with Gasteiger partial charge in [0.25, 0.3) is 0 Å². The quantitative estimate of drug-likeness (QED) is 0.107. The molecule has 6 rings (SSSR count). The van der Waals surface area contributed by atoms with Gasteiger partial charge in [-0.25, -0.2) is 46.1 Å². The Morgan fingerprint density at radius 2 is 1.22 bits per heavy atom. The number of nitrogens with one attached hydrogen (secondary N) is 3. The summed E-state index contributed by atoms with van der Waals surface area (Å²) in [4.78, 5) is 40.4. The van der Waals surface area contributed by atoms with Gasteiger partial charge in [-0.3, -0.25) is 25.3 Å². The van der Waals surface area contributed by atoms with Gasteiger partial charge in [-0.2, -0.15) is 0 Å². The highest BCUT2D eigenvalue weighted by Crippen LogP contribution is 2.29. The molecule has 6 aromatic heterocycles. The summed E-state index contributed by atoms with van der Waals surface area (Å²) in [6.07, 6.45) is 1.33. The maximum Gasteiger partial charge on any atom is 0.413 e. The van der Waals surface area contributed by atoms with E-state index in [-0.39, 0.29) is 50.2 Å². The third-order valence-electron chi connectivity index (χ3n) is 7.89. The third kappa shape index (κ3) is 11.3. The maximum atomic E-state index is 13.4. The number of carbonyl (C=O) groups is 2. The van der Waals surface area contributed by atoms with Crippen LogP contribution in [-0.4, -0.2) is 76.3 Å². The molecule has 310 valence electrons. The minimum atomic E-state index is -3.44. The van der Waals surface area contributed by atoms with Crippen molar-refractivity contribution in [2.75, 3.05) is 26.8 Å². The molecule has 0 aromatic carbocycles. The number of anilines is 4. The van der Waals surface area contributed by atoms with Gasteiger partial charge in [-0.05, 0) is 57.2 Å². The number of nitrogens with zero attached hydrogens (tertiary/aromatic N) is 10. The highest BCUT2D eigenvalue weighted by molar-refractivity contribution is 7.92. The lowest BCUT2D eigenvalue weighted by molar-refractivity contribution is 0.120. The van der Waals surface area contributed by atoms with Crippen LogP contribution in [0.1, 0.15) is 44.1 Å². The number of sulfonamides is 1. The van der Waals surface area contributed by atoms with Crippen molar-refractivity contribution in [1.82, 2.24) is 49.9 Å². The average Bonchev–Trinajstić information content (AvgIpc) is 3.74. The van der Waals surface area contributed by atoms with E-state index in [4.69, 9.17) is 38.4 Å². The number of nitrogen functional groups attached to an aromatic ring is 1. The fourth-order valence-electron chi connectivity index (χ4n) is 4.88. The van der Waals surface area contributed by atoms with Gasteiger partial charge in [0.15, 0.2) is 23.0 Å². The molecule has 0 aliphatic carbocycles. The minimum Gasteiger partial charge on any atom is -0.441 e. The van der Waals surface area contributed by atoms with E-state index in [9.17, 15) is 26.8 Å². The van der Waals surface area contributed by atoms with Gasteiger partial charge < -0.3 is 15.2 Å². The predicted octanol–water partition coefficient (Wildman–Crippen LogP) is 6.09. The Morgan fingerprint density at radius 1 is 0.763 bits per heavy atom. The summed E-state index contributed by atoms with van der Waals surface area (Å²) >= 11 is 11.9. The van der Waals surface area contributed by atoms with Crippen molar-refractivity contribution >= 4 is 68.4 Å². The standard InChI is InChI=1S/C18H19ClFN7O4S.C16H15ClFN7O2/c1-4-32(29,30)25-12-5-6-14(21-9-12)15-17(27(3)26-24-15)23-18(28)31-10(2)13-7-11(20)8-22-16(13)19;1-8(11-5-9(18)6-21-14(11)17)27-16(26)22-15-13(23-24-25(15)2)12-4-3-10(19)7-20-12/h5-10,25H,4H2,1-3H3,(H,23,28);3-8H,19H2,1-2H3,(H,22,26)/t10-;8-/m11/s1. The molecule has 6 heterocycles. The minimum absolute atomic E-state index is 0.0116. The van der Waals surface area contributed by atoms with Crippen molar-refractivity contribution in [3.05, 3.63) is 94.3 Å². The van der Waals surface area contributed by atoms with Crippen LogP contribution >= 0.6 is 23.2 Å². The molecule has 0 spiro atoms. The van der Waals surface area contributed by atoms with E-state index in [1.165, 1.54) is 47.7 Å². The Bertz CT molecular complexity index is 2560. The van der Waals surface area contributed by atoms with Crippen LogP contribution in [0, 0.1) is 11.6 Å². The average molecular weight is 876 g/mol. The van der Waals surface area contributed by atoms with Crippen LogP contribution in [0.3, 0.4) is 0 Å². The second-order valence-corrected chi connectivity index (χ2v) is 14.9. The molecule has 2 atom stereocenters. The van der Waals surface area contributed by atoms with Crippen molar-refractivity contribution < 1.29 is 36.3 Å². The molecule has 5 N–H and O–H groups in total. The number of hydrogen-bond donors (Lipinski definition) is 4. The highest BCUT2D eigenvalue weighted by atomic mass is 35.5. The molecule has 0 aliphatic rings. The van der Waals surface area contributed by atoms with Crippen LogP contribution < -0.4 is 21.1 Å². The Balaban J connectivity index is 0.000000227. The number of halogens is 4. The van der Waals surface area contributed by atoms with Gasteiger partial charge in [0, 0.05) is 25.2 Å². The van der Waals surface area contributed by atoms with Crippen LogP contribution in [0.25, 0.3) is 22.8 Å². The molecule has 0 saturated heterocycles. The van der Waals surface area contributed by atoms with Crippen molar-refractivity contribution in [3.8, 4) is 22.8 Å². The Hall–Kier alpha value is -6.59. The lowest BCUT2D eigenvalue weighted by atomic mass is 10.2. The molecular formula is C34H34Cl2F2N14O6S. The molecule has 25 heteroatoms. The Labute approximate surface area is 344 Å². The van der Waals surface area contributed by atoms with E-state index in [2.05, 4.69) is 55.9 Å². The number of carbonyl (C=O) groups excluding carboxylic acids is 2. The molecule has 0 bridgehead atoms. The summed E-state index contributed by atoms with van der Waals surface area (Å²) in [5.74, 6) is -0.829. The van der Waals surface area contributed by atoms with Gasteiger partial charge in [0.05, 0.1) is 53.3 Å². The largest absolute Gasteiger partial charge is 0.441 e. The second kappa shape index (κ2) is 18.8. The molecule has 0 fully saturated rings. The highest BCUT2D eigenvalue weighted by Gasteiger charge is 2.23. The van der Waals surface area contributed by atoms with Crippen LogP contribution in [0.4, 0.5) is 41.4 Å². The molecule has 6 aromatic rings. The fourth-order valence-corrected chi connectivity index (χ4v) is 6.02. The van der Waals surface area contributed by atoms with Crippen molar-refractivity contribution in [2.45, 2.75) is 33.0 Å². The van der Waals surface area contributed by atoms with E-state index in [1.54, 1.807) is 33.2 Å². The molecule has 0 radical (unpaired) electrons. The first-order chi connectivity index (χ1) is 27.9. The van der Waals surface area contributed by atoms with E-state index in [0.29, 0.717) is 22.8 Å². The van der Waals surface area contributed by atoms with Crippen LogP contribution in [0.2, 0.25) is 10.3 Å². The SMILES string of the molecule is CCS(=O)(=O)Nc1ccc(-c2nnn(C)c2NC(=O)O[C@H](C)c2cc(F)cnc2Cl)nc1.C[C@@H](OC(=O)Nc1c(-c2ccc(N)cn2)nnn1C)c1cc(F)cnc1Cl. The van der Waals surface area contributed by atoms with Crippen LogP contribution in [-0.2, 0) is 33.6 Å². The van der Waals surface area contributed by atoms with E-state index < -0.39 is 46.1 Å². The van der Waals surface area contributed by atoms with E-state index in [1.807, 2.05) is 0 Å². The summed E-state index contributed by atoms with van der Waals surface area (Å²) in [5.41, 5.74) is 8.22. The number of ether oxygens (including phenoxy) is 2. The Morgan fingerprint density at radius 3 is 1.63 bits per heavy atom. The molecule has 20 nitrogen and oxygen atoms in total. The van der Waals surface area contributed by atoms with Gasteiger partial charge in [-0.1, -0.05) is 33.6 Å². The zero-order chi connectivity index (χ0) is 43.0. The van der Waals surface area contributed by atoms with Gasteiger partial charge in [-0.15, -0.1) is 10.2 Å². The number of aromatic nitrogens is 10. The number of aryl methyl sites for hydroxylation is 2. The normalized spacial score (nSPS) is 12.1. The number of pyridine rings is 4. The van der Waals surface area contributed by atoms with Crippen LogP contribution in [0.15, 0.2) is 61.2 Å². The summed E-state index contributed by atoms with van der Waals surface area (Å²) in [6, 6.07) is 8.62. The number of hydrogen-bond acceptors (Lipinski definition) is 15. The zero-order valence-corrected chi connectivity index (χ0v) is 33.9. The van der Waals surface area contributed by atoms with Crippen LogP contribution in [0.5, 0.6) is 0 Å². The van der Waals surface area contributed by atoms with Gasteiger partial charge >= 0.3 is 12.2 Å². The third-order valence-corrected chi connectivity index (χ3v) is 9.83. The topological polar surface area (TPSA) is 262 Å².